The van der Waals surface area contributed by atoms with Gasteiger partial charge in [-0.3, -0.25) is 0 Å². The molecule has 0 spiro atoms. The Morgan fingerprint density at radius 1 is 0.833 bits per heavy atom. The summed E-state index contributed by atoms with van der Waals surface area (Å²) in [5, 5.41) is 0. The molecule has 0 fully saturated rings. The smallest absolute Gasteiger partial charge is 0.488 e. The molecule has 130 valence electrons. The van der Waals surface area contributed by atoms with Gasteiger partial charge in [0.1, 0.15) is 24.0 Å². The highest BCUT2D eigenvalue weighted by atomic mass is 19.4. The van der Waals surface area contributed by atoms with E-state index in [-0.39, 0.29) is 0 Å². The van der Waals surface area contributed by atoms with Crippen molar-refractivity contribution in [2.45, 2.75) is 19.9 Å². The van der Waals surface area contributed by atoms with Gasteiger partial charge in [0.05, 0.1) is 5.56 Å². The maximum atomic E-state index is 13.6. The van der Waals surface area contributed by atoms with E-state index in [0.29, 0.717) is 17.7 Å². The maximum Gasteiger partial charge on any atom is 0.573 e. The van der Waals surface area contributed by atoms with Gasteiger partial charge in [-0.15, -0.1) is 13.2 Å². The summed E-state index contributed by atoms with van der Waals surface area (Å²) in [5.74, 6) is -7.41. The van der Waals surface area contributed by atoms with Gasteiger partial charge in [0.2, 0.25) is 5.75 Å². The molecule has 2 aromatic rings. The lowest BCUT2D eigenvalue weighted by atomic mass is 10.1. The Balaban J connectivity index is 2.20. The van der Waals surface area contributed by atoms with Crippen LogP contribution in [0.1, 0.15) is 11.1 Å². The largest absolute Gasteiger partial charge is 0.573 e. The van der Waals surface area contributed by atoms with Crippen molar-refractivity contribution in [2.24, 2.45) is 0 Å². The normalized spacial score (nSPS) is 11.5. The quantitative estimate of drug-likeness (QED) is 0.717. The predicted octanol–water partition coefficient (Wildman–Crippen LogP) is 5.03. The lowest BCUT2D eigenvalue weighted by Gasteiger charge is -2.13. The van der Waals surface area contributed by atoms with Gasteiger partial charge in [-0.25, -0.2) is 17.6 Å². The van der Waals surface area contributed by atoms with E-state index >= 15 is 0 Å². The molecule has 0 heterocycles. The van der Waals surface area contributed by atoms with E-state index in [9.17, 15) is 30.7 Å². The van der Waals surface area contributed by atoms with Crippen molar-refractivity contribution in [1.82, 2.24) is 0 Å². The van der Waals surface area contributed by atoms with Crippen molar-refractivity contribution in [3.8, 4) is 11.5 Å². The van der Waals surface area contributed by atoms with Crippen molar-refractivity contribution in [3.63, 3.8) is 0 Å². The van der Waals surface area contributed by atoms with Gasteiger partial charge < -0.3 is 9.47 Å². The summed E-state index contributed by atoms with van der Waals surface area (Å²) in [5.41, 5.74) is -0.170. The lowest BCUT2D eigenvalue weighted by Crippen LogP contribution is -2.19. The van der Waals surface area contributed by atoms with Crippen LogP contribution in [0.15, 0.2) is 24.3 Å². The topological polar surface area (TPSA) is 18.5 Å². The van der Waals surface area contributed by atoms with E-state index < -0.39 is 53.3 Å². The highest BCUT2D eigenvalue weighted by Crippen LogP contribution is 2.32. The van der Waals surface area contributed by atoms with E-state index in [2.05, 4.69) is 4.74 Å². The average Bonchev–Trinajstić information content (AvgIpc) is 2.40. The average molecular weight is 354 g/mol. The zero-order valence-electron chi connectivity index (χ0n) is 12.0. The van der Waals surface area contributed by atoms with Crippen molar-refractivity contribution < 1.29 is 40.2 Å². The zero-order valence-corrected chi connectivity index (χ0v) is 12.0. The zero-order chi connectivity index (χ0) is 18.1. The predicted molar refractivity (Wildman–Crippen MR) is 68.5 cm³/mol. The van der Waals surface area contributed by atoms with Crippen LogP contribution in [0.2, 0.25) is 0 Å². The summed E-state index contributed by atoms with van der Waals surface area (Å²) >= 11 is 0. The molecule has 0 unspecified atom stereocenters. The molecule has 2 rings (SSSR count). The molecule has 9 heteroatoms. The number of rotatable bonds is 4. The van der Waals surface area contributed by atoms with Gasteiger partial charge in [-0.2, -0.15) is 0 Å². The van der Waals surface area contributed by atoms with Crippen LogP contribution in [0.4, 0.5) is 30.7 Å². The fourth-order valence-corrected chi connectivity index (χ4v) is 1.86. The molecule has 0 aliphatic rings. The van der Waals surface area contributed by atoms with Crippen LogP contribution in [0.3, 0.4) is 0 Å². The van der Waals surface area contributed by atoms with E-state index in [1.54, 1.807) is 0 Å². The number of aryl methyl sites for hydroxylation is 1. The molecule has 2 aromatic carbocycles. The van der Waals surface area contributed by atoms with Gasteiger partial charge in [0, 0.05) is 12.1 Å². The Kier molecular flexibility index (Phi) is 4.91. The standard InChI is InChI=1S/C15H9F7O2/c1-7-2-10(16)9(11(17)3-7)6-23-8-4-12(18)14(13(19)5-8)24-15(20,21)22/h2-5H,6H2,1H3. The molecular formula is C15H9F7O2. The minimum Gasteiger partial charge on any atom is -0.488 e. The fourth-order valence-electron chi connectivity index (χ4n) is 1.86. The Morgan fingerprint density at radius 2 is 1.33 bits per heavy atom. The number of alkyl halides is 3. The Labute approximate surface area is 131 Å². The van der Waals surface area contributed by atoms with Crippen molar-refractivity contribution >= 4 is 0 Å². The highest BCUT2D eigenvalue weighted by Gasteiger charge is 2.34. The van der Waals surface area contributed by atoms with E-state index in [4.69, 9.17) is 4.74 Å². The number of benzene rings is 2. The molecule has 0 saturated carbocycles. The first kappa shape index (κ1) is 17.9. The Bertz CT molecular complexity index is 710. The van der Waals surface area contributed by atoms with E-state index in [1.165, 1.54) is 6.92 Å². The van der Waals surface area contributed by atoms with Crippen molar-refractivity contribution in [1.29, 1.82) is 0 Å². The summed E-state index contributed by atoms with van der Waals surface area (Å²) in [7, 11) is 0. The van der Waals surface area contributed by atoms with Crippen LogP contribution in [-0.2, 0) is 6.61 Å². The Morgan fingerprint density at radius 3 is 1.79 bits per heavy atom. The second-order valence-electron chi connectivity index (χ2n) is 4.76. The third kappa shape index (κ3) is 4.30. The minimum atomic E-state index is -5.28. The van der Waals surface area contributed by atoms with Gasteiger partial charge in [0.15, 0.2) is 11.6 Å². The van der Waals surface area contributed by atoms with E-state index in [1.807, 2.05) is 0 Å². The first-order chi connectivity index (χ1) is 11.1. The highest BCUT2D eigenvalue weighted by molar-refractivity contribution is 5.35. The number of ether oxygens (including phenoxy) is 2. The molecule has 0 atom stereocenters. The third-order valence-electron chi connectivity index (χ3n) is 2.86. The molecule has 0 amide bonds. The van der Waals surface area contributed by atoms with Gasteiger partial charge in [0.25, 0.3) is 0 Å². The van der Waals surface area contributed by atoms with Crippen molar-refractivity contribution in [3.05, 3.63) is 58.7 Å². The molecule has 24 heavy (non-hydrogen) atoms. The summed E-state index contributed by atoms with van der Waals surface area (Å²) in [6, 6.07) is 2.88. The molecule has 0 N–H and O–H groups in total. The Hall–Kier alpha value is -2.45. The van der Waals surface area contributed by atoms with Crippen LogP contribution >= 0.6 is 0 Å². The molecule has 0 saturated heterocycles. The van der Waals surface area contributed by atoms with Gasteiger partial charge in [-0.1, -0.05) is 0 Å². The molecule has 0 radical (unpaired) electrons. The molecule has 0 bridgehead atoms. The third-order valence-corrected chi connectivity index (χ3v) is 2.86. The van der Waals surface area contributed by atoms with Crippen LogP contribution in [-0.4, -0.2) is 6.36 Å². The van der Waals surface area contributed by atoms with Crippen LogP contribution < -0.4 is 9.47 Å². The van der Waals surface area contributed by atoms with Crippen molar-refractivity contribution in [2.75, 3.05) is 0 Å². The first-order valence-electron chi connectivity index (χ1n) is 6.39. The van der Waals surface area contributed by atoms with Crippen LogP contribution in [0, 0.1) is 30.2 Å². The first-order valence-corrected chi connectivity index (χ1v) is 6.39. The summed E-state index contributed by atoms with van der Waals surface area (Å²) < 4.78 is 98.3. The maximum absolute atomic E-state index is 13.6. The molecule has 0 aliphatic carbocycles. The number of hydrogen-bond donors (Lipinski definition) is 0. The van der Waals surface area contributed by atoms with Crippen LogP contribution in [0.25, 0.3) is 0 Å². The summed E-state index contributed by atoms with van der Waals surface area (Å²) in [6.07, 6.45) is -5.28. The minimum absolute atomic E-state index is 0.319. The molecular weight excluding hydrogens is 345 g/mol. The van der Waals surface area contributed by atoms with Crippen LogP contribution in [0.5, 0.6) is 11.5 Å². The fraction of sp³-hybridized carbons (Fsp3) is 0.200. The summed E-state index contributed by atoms with van der Waals surface area (Å²) in [6.45, 7) is 0.747. The van der Waals surface area contributed by atoms with Gasteiger partial charge in [-0.05, 0) is 24.6 Å². The number of hydrogen-bond acceptors (Lipinski definition) is 2. The number of halogens is 7. The lowest BCUT2D eigenvalue weighted by molar-refractivity contribution is -0.276. The summed E-state index contributed by atoms with van der Waals surface area (Å²) in [4.78, 5) is 0. The molecule has 2 nitrogen and oxygen atoms in total. The van der Waals surface area contributed by atoms with E-state index in [0.717, 1.165) is 12.1 Å². The molecule has 0 aliphatic heterocycles. The SMILES string of the molecule is Cc1cc(F)c(COc2cc(F)c(OC(F)(F)F)c(F)c2)c(F)c1. The molecule has 0 aromatic heterocycles. The second-order valence-corrected chi connectivity index (χ2v) is 4.76. The van der Waals surface area contributed by atoms with Gasteiger partial charge >= 0.3 is 6.36 Å². The second kappa shape index (κ2) is 6.58. The monoisotopic (exact) mass is 354 g/mol.